The van der Waals surface area contributed by atoms with Gasteiger partial charge in [-0.1, -0.05) is 0 Å². The van der Waals surface area contributed by atoms with E-state index < -0.39 is 63.2 Å². The highest BCUT2D eigenvalue weighted by Crippen LogP contribution is 2.38. The molecule has 1 fully saturated rings. The molecule has 1 N–H and O–H groups in total. The van der Waals surface area contributed by atoms with Gasteiger partial charge >= 0.3 is 25.9 Å². The molecule has 234 valence electrons. The third-order valence-corrected chi connectivity index (χ3v) is 6.77. The van der Waals surface area contributed by atoms with Gasteiger partial charge in [0.25, 0.3) is 5.56 Å². The summed E-state index contributed by atoms with van der Waals surface area (Å²) in [6, 6.07) is 2.68. The smallest absolute Gasteiger partial charge is 0.493 e. The highest BCUT2D eigenvalue weighted by atomic mass is 31.1. The van der Waals surface area contributed by atoms with Gasteiger partial charge in [-0.25, -0.2) is 14.2 Å². The van der Waals surface area contributed by atoms with Crippen molar-refractivity contribution in [3.05, 3.63) is 50.3 Å². The maximum Gasteiger partial charge on any atom is 0.694 e. The maximum absolute atomic E-state index is 13.4. The first-order valence-corrected chi connectivity index (χ1v) is 14.0. The maximum atomic E-state index is 13.4. The quantitative estimate of drug-likeness (QED) is 0.233. The van der Waals surface area contributed by atoms with Crippen LogP contribution in [-0.2, 0) is 39.6 Å². The minimum atomic E-state index is -3.00. The molecular formula is C26H32N2O14P+. The van der Waals surface area contributed by atoms with E-state index in [-0.39, 0.29) is 53.4 Å². The van der Waals surface area contributed by atoms with Gasteiger partial charge in [0.15, 0.2) is 18.2 Å². The third kappa shape index (κ3) is 8.26. The molecule has 2 aromatic rings. The Balaban J connectivity index is 1.85. The summed E-state index contributed by atoms with van der Waals surface area (Å²) in [5, 5.41) is 0. The Hall–Kier alpha value is -4.11. The second-order valence-electron chi connectivity index (χ2n) is 9.34. The van der Waals surface area contributed by atoms with Crippen molar-refractivity contribution in [1.82, 2.24) is 9.13 Å². The van der Waals surface area contributed by atoms with Crippen LogP contribution >= 0.6 is 8.25 Å². The van der Waals surface area contributed by atoms with Gasteiger partial charge < -0.3 is 33.2 Å². The normalized spacial score (nSPS) is 18.1. The minimum absolute atomic E-state index is 0.00542. The van der Waals surface area contributed by atoms with Crippen LogP contribution in [0.3, 0.4) is 0 Å². The SMILES string of the molecule is COc1cc(C(=O)OCn2c(=O)c(C)cn([C@H]3C[C@@H](OC(=O)CCC(C)=O)C(CO[P+](=O)O)O3)c2=O)cc(OC)c1OC. The van der Waals surface area contributed by atoms with Crippen LogP contribution in [-0.4, -0.2) is 71.9 Å². The average molecular weight is 628 g/mol. The summed E-state index contributed by atoms with van der Waals surface area (Å²) in [5.74, 6) is -1.22. The lowest BCUT2D eigenvalue weighted by molar-refractivity contribution is -0.153. The number of carbonyl (C=O) groups excluding carboxylic acids is 3. The molecule has 1 aliphatic rings. The van der Waals surface area contributed by atoms with E-state index in [0.717, 1.165) is 4.57 Å². The lowest BCUT2D eigenvalue weighted by atomic mass is 10.1. The number of hydrogen-bond acceptors (Lipinski definition) is 13. The van der Waals surface area contributed by atoms with Crippen molar-refractivity contribution in [2.45, 2.75) is 58.3 Å². The number of hydrogen-bond donors (Lipinski definition) is 1. The molecule has 0 bridgehead atoms. The Morgan fingerprint density at radius 2 is 1.72 bits per heavy atom. The zero-order valence-corrected chi connectivity index (χ0v) is 25.0. The topological polar surface area (TPSA) is 197 Å². The van der Waals surface area contributed by atoms with Gasteiger partial charge in [-0.2, -0.15) is 0 Å². The van der Waals surface area contributed by atoms with Crippen LogP contribution in [0.2, 0.25) is 0 Å². The monoisotopic (exact) mass is 627 g/mol. The van der Waals surface area contributed by atoms with Gasteiger partial charge in [0.05, 0.1) is 33.3 Å². The number of carbonyl (C=O) groups is 3. The van der Waals surface area contributed by atoms with E-state index in [4.69, 9.17) is 37.8 Å². The molecule has 0 amide bonds. The number of methoxy groups -OCH3 is 3. The zero-order chi connectivity index (χ0) is 31.8. The largest absolute Gasteiger partial charge is 0.694 e. The molecule has 3 rings (SSSR count). The average Bonchev–Trinajstić information content (AvgIpc) is 3.37. The summed E-state index contributed by atoms with van der Waals surface area (Å²) < 4.78 is 49.8. The molecule has 0 saturated carbocycles. The number of aromatic nitrogens is 2. The number of ether oxygens (including phenoxy) is 6. The van der Waals surface area contributed by atoms with Crippen LogP contribution in [0.1, 0.15) is 48.3 Å². The zero-order valence-electron chi connectivity index (χ0n) is 24.1. The molecule has 2 heterocycles. The van der Waals surface area contributed by atoms with Crippen LogP contribution in [0, 0.1) is 6.92 Å². The summed E-state index contributed by atoms with van der Waals surface area (Å²) in [7, 11) is 1.12. The van der Waals surface area contributed by atoms with Crippen molar-refractivity contribution in [3.8, 4) is 17.2 Å². The number of Topliss-reactive ketones (excluding diaryl/α,β-unsaturated/α-hetero) is 1. The Bertz CT molecular complexity index is 1470. The summed E-state index contributed by atoms with van der Waals surface area (Å²) in [6.07, 6.45) is -2.26. The molecule has 17 heteroatoms. The van der Waals surface area contributed by atoms with Crippen molar-refractivity contribution >= 4 is 26.0 Å². The Morgan fingerprint density at radius 3 is 2.28 bits per heavy atom. The van der Waals surface area contributed by atoms with E-state index in [0.29, 0.717) is 4.57 Å². The molecule has 1 aromatic carbocycles. The van der Waals surface area contributed by atoms with Crippen LogP contribution in [0.25, 0.3) is 0 Å². The molecule has 1 aliphatic heterocycles. The van der Waals surface area contributed by atoms with Crippen molar-refractivity contribution < 1.29 is 56.8 Å². The van der Waals surface area contributed by atoms with E-state index in [1.807, 2.05) is 0 Å². The van der Waals surface area contributed by atoms with Gasteiger partial charge in [0.1, 0.15) is 30.8 Å². The van der Waals surface area contributed by atoms with Gasteiger partial charge in [0, 0.05) is 29.2 Å². The Kier molecular flexibility index (Phi) is 11.5. The summed E-state index contributed by atoms with van der Waals surface area (Å²) in [6.45, 7) is 1.54. The van der Waals surface area contributed by atoms with E-state index in [1.165, 1.54) is 53.5 Å². The molecular weight excluding hydrogens is 595 g/mol. The Labute approximate surface area is 245 Å². The highest BCUT2D eigenvalue weighted by Gasteiger charge is 2.41. The first-order valence-electron chi connectivity index (χ1n) is 12.8. The van der Waals surface area contributed by atoms with E-state index in [2.05, 4.69) is 0 Å². The van der Waals surface area contributed by atoms with E-state index >= 15 is 0 Å². The number of nitrogens with zero attached hydrogens (tertiary/aromatic N) is 2. The molecule has 43 heavy (non-hydrogen) atoms. The number of aryl methyl sites for hydroxylation is 1. The van der Waals surface area contributed by atoms with Crippen LogP contribution < -0.4 is 25.5 Å². The summed E-state index contributed by atoms with van der Waals surface area (Å²) in [4.78, 5) is 71.6. The molecule has 1 saturated heterocycles. The van der Waals surface area contributed by atoms with Crippen LogP contribution in [0.15, 0.2) is 27.9 Å². The van der Waals surface area contributed by atoms with E-state index in [9.17, 15) is 28.5 Å². The molecule has 0 spiro atoms. The Morgan fingerprint density at radius 1 is 1.07 bits per heavy atom. The molecule has 1 aromatic heterocycles. The lowest BCUT2D eigenvalue weighted by Crippen LogP contribution is -2.43. The number of ketones is 1. The van der Waals surface area contributed by atoms with Gasteiger partial charge in [0.2, 0.25) is 5.75 Å². The van der Waals surface area contributed by atoms with Crippen molar-refractivity contribution in [1.29, 1.82) is 0 Å². The molecule has 2 unspecified atom stereocenters. The number of rotatable bonds is 14. The number of esters is 2. The fourth-order valence-corrected chi connectivity index (χ4v) is 4.55. The first-order chi connectivity index (χ1) is 20.4. The summed E-state index contributed by atoms with van der Waals surface area (Å²) >= 11 is 0. The van der Waals surface area contributed by atoms with Crippen LogP contribution in [0.5, 0.6) is 17.2 Å². The van der Waals surface area contributed by atoms with E-state index in [1.54, 1.807) is 0 Å². The lowest BCUT2D eigenvalue weighted by Gasteiger charge is -2.17. The molecule has 4 atom stereocenters. The predicted octanol–water partition coefficient (Wildman–Crippen LogP) is 1.39. The number of benzene rings is 1. The predicted molar refractivity (Wildman–Crippen MR) is 145 cm³/mol. The second kappa shape index (κ2) is 14.9. The summed E-state index contributed by atoms with van der Waals surface area (Å²) in [5.41, 5.74) is -1.55. The van der Waals surface area contributed by atoms with Gasteiger partial charge in [-0.05, 0) is 26.0 Å². The van der Waals surface area contributed by atoms with Gasteiger partial charge in [-0.15, -0.1) is 9.42 Å². The second-order valence-corrected chi connectivity index (χ2v) is 10.1. The first kappa shape index (κ1) is 33.4. The minimum Gasteiger partial charge on any atom is -0.493 e. The standard InChI is InChI=1S/C26H31N2O14P/c1-14-11-27(21-10-17(20(41-21)12-40-43(34)35)42-22(30)7-6-15(2)29)26(33)28(24(14)31)13-39-25(32)16-8-18(36-3)23(38-5)19(9-16)37-4/h8-9,11,17,20-21H,6-7,10,12-13H2,1-5H3/p+1/t17-,20?,21-/m1/s1. The highest BCUT2D eigenvalue weighted by molar-refractivity contribution is 7.32. The fraction of sp³-hybridized carbons (Fsp3) is 0.500. The molecule has 0 radical (unpaired) electrons. The third-order valence-electron chi connectivity index (χ3n) is 6.40. The fourth-order valence-electron chi connectivity index (χ4n) is 4.27. The van der Waals surface area contributed by atoms with Crippen LogP contribution in [0.4, 0.5) is 0 Å². The molecule has 16 nitrogen and oxygen atoms in total. The van der Waals surface area contributed by atoms with Gasteiger partial charge in [-0.3, -0.25) is 14.2 Å². The van der Waals surface area contributed by atoms with Crippen molar-refractivity contribution in [3.63, 3.8) is 0 Å². The molecule has 0 aliphatic carbocycles. The van der Waals surface area contributed by atoms with Crippen molar-refractivity contribution in [2.24, 2.45) is 0 Å². The van der Waals surface area contributed by atoms with Crippen molar-refractivity contribution in [2.75, 3.05) is 27.9 Å².